The highest BCUT2D eigenvalue weighted by Gasteiger charge is 2.27. The average Bonchev–Trinajstić information content (AvgIpc) is 3.24. The fourth-order valence-corrected chi connectivity index (χ4v) is 3.18. The molecule has 3 rings (SSSR count). The van der Waals surface area contributed by atoms with Crippen molar-refractivity contribution in [1.29, 1.82) is 5.26 Å². The number of nitriles is 1. The molecule has 1 aromatic carbocycles. The molecule has 1 aromatic heterocycles. The maximum Gasteiger partial charge on any atom is 0.322 e. The van der Waals surface area contributed by atoms with Gasteiger partial charge in [-0.15, -0.1) is 0 Å². The number of nitrogens with one attached hydrogen (secondary N) is 1. The first-order valence-electron chi connectivity index (χ1n) is 8.29. The van der Waals surface area contributed by atoms with E-state index in [0.717, 1.165) is 37.2 Å². The fourth-order valence-electron chi connectivity index (χ4n) is 3.18. The third kappa shape index (κ3) is 3.77. The van der Waals surface area contributed by atoms with Crippen LogP contribution in [0.25, 0.3) is 0 Å². The first-order chi connectivity index (χ1) is 11.7. The monoisotopic (exact) mass is 323 g/mol. The summed E-state index contributed by atoms with van der Waals surface area (Å²) in [6.45, 7) is 2.36. The second-order valence-corrected chi connectivity index (χ2v) is 6.20. The highest BCUT2D eigenvalue weighted by Crippen LogP contribution is 2.26. The van der Waals surface area contributed by atoms with Crippen LogP contribution in [0.3, 0.4) is 0 Å². The number of aryl methyl sites for hydroxylation is 1. The van der Waals surface area contributed by atoms with Gasteiger partial charge in [0.1, 0.15) is 11.5 Å². The Morgan fingerprint density at radius 1 is 1.33 bits per heavy atom. The lowest BCUT2D eigenvalue weighted by Gasteiger charge is -2.28. The normalized spacial score (nSPS) is 14.3. The molecule has 1 heterocycles. The number of carbonyl (C=O) groups is 1. The van der Waals surface area contributed by atoms with Crippen molar-refractivity contribution in [2.75, 3.05) is 5.32 Å². The molecule has 1 fully saturated rings. The number of urea groups is 1. The van der Waals surface area contributed by atoms with E-state index >= 15 is 0 Å². The standard InChI is InChI=1S/C19H21N3O2/c1-14-9-10-18(24-14)13-22(17-7-2-3-8-17)19(23)21-16-6-4-5-15(11-16)12-20/h4-6,9-11,17H,2-3,7-8,13H2,1H3,(H,21,23). The summed E-state index contributed by atoms with van der Waals surface area (Å²) >= 11 is 0. The Morgan fingerprint density at radius 2 is 2.12 bits per heavy atom. The first-order valence-corrected chi connectivity index (χ1v) is 8.29. The first kappa shape index (κ1) is 16.1. The van der Waals surface area contributed by atoms with Crippen LogP contribution in [0.5, 0.6) is 0 Å². The highest BCUT2D eigenvalue weighted by atomic mass is 16.3. The smallest absolute Gasteiger partial charge is 0.322 e. The van der Waals surface area contributed by atoms with Crippen LogP contribution < -0.4 is 5.32 Å². The van der Waals surface area contributed by atoms with E-state index in [1.807, 2.05) is 24.0 Å². The molecule has 1 aliphatic rings. The van der Waals surface area contributed by atoms with Gasteiger partial charge in [-0.2, -0.15) is 5.26 Å². The molecule has 5 heteroatoms. The topological polar surface area (TPSA) is 69.3 Å². The third-order valence-electron chi connectivity index (χ3n) is 4.39. The van der Waals surface area contributed by atoms with Crippen LogP contribution in [-0.2, 0) is 6.54 Å². The van der Waals surface area contributed by atoms with Crippen molar-refractivity contribution >= 4 is 11.7 Å². The van der Waals surface area contributed by atoms with Crippen molar-refractivity contribution in [3.63, 3.8) is 0 Å². The summed E-state index contributed by atoms with van der Waals surface area (Å²) < 4.78 is 5.65. The zero-order chi connectivity index (χ0) is 16.9. The Labute approximate surface area is 141 Å². The number of hydrogen-bond donors (Lipinski definition) is 1. The molecular weight excluding hydrogens is 302 g/mol. The molecule has 0 atom stereocenters. The van der Waals surface area contributed by atoms with Crippen LogP contribution in [0.4, 0.5) is 10.5 Å². The Hall–Kier alpha value is -2.74. The molecule has 0 bridgehead atoms. The van der Waals surface area contributed by atoms with Crippen LogP contribution in [-0.4, -0.2) is 17.0 Å². The largest absolute Gasteiger partial charge is 0.464 e. The van der Waals surface area contributed by atoms with Gasteiger partial charge in [0.25, 0.3) is 0 Å². The van der Waals surface area contributed by atoms with Gasteiger partial charge >= 0.3 is 6.03 Å². The fraction of sp³-hybridized carbons (Fsp3) is 0.368. The molecule has 0 unspecified atom stereocenters. The van der Waals surface area contributed by atoms with Gasteiger partial charge in [0, 0.05) is 11.7 Å². The highest BCUT2D eigenvalue weighted by molar-refractivity contribution is 5.89. The van der Waals surface area contributed by atoms with Gasteiger partial charge < -0.3 is 14.6 Å². The maximum atomic E-state index is 12.8. The summed E-state index contributed by atoms with van der Waals surface area (Å²) in [4.78, 5) is 14.7. The summed E-state index contributed by atoms with van der Waals surface area (Å²) in [6, 6.07) is 13.0. The molecular formula is C19H21N3O2. The molecule has 0 radical (unpaired) electrons. The predicted octanol–water partition coefficient (Wildman–Crippen LogP) is 4.44. The molecule has 2 aromatic rings. The van der Waals surface area contributed by atoms with Crippen molar-refractivity contribution in [3.8, 4) is 6.07 Å². The summed E-state index contributed by atoms with van der Waals surface area (Å²) in [6.07, 6.45) is 4.34. The van der Waals surface area contributed by atoms with E-state index in [9.17, 15) is 4.79 Å². The van der Waals surface area contributed by atoms with Gasteiger partial charge in [0.2, 0.25) is 0 Å². The van der Waals surface area contributed by atoms with Gasteiger partial charge in [0.15, 0.2) is 0 Å². The van der Waals surface area contributed by atoms with E-state index < -0.39 is 0 Å². The lowest BCUT2D eigenvalue weighted by atomic mass is 10.2. The van der Waals surface area contributed by atoms with Crippen LogP contribution in [0, 0.1) is 18.3 Å². The van der Waals surface area contributed by atoms with Crippen molar-refractivity contribution in [1.82, 2.24) is 4.90 Å². The Morgan fingerprint density at radius 3 is 2.79 bits per heavy atom. The average molecular weight is 323 g/mol. The molecule has 124 valence electrons. The lowest BCUT2D eigenvalue weighted by molar-refractivity contribution is 0.178. The number of hydrogen-bond acceptors (Lipinski definition) is 3. The minimum Gasteiger partial charge on any atom is -0.464 e. The van der Waals surface area contributed by atoms with Crippen LogP contribution in [0.2, 0.25) is 0 Å². The molecule has 1 aliphatic carbocycles. The second-order valence-electron chi connectivity index (χ2n) is 6.20. The summed E-state index contributed by atoms with van der Waals surface area (Å²) in [5.41, 5.74) is 1.17. The van der Waals surface area contributed by atoms with Crippen LogP contribution >= 0.6 is 0 Å². The Kier molecular flexibility index (Phi) is 4.85. The summed E-state index contributed by atoms with van der Waals surface area (Å²) in [5, 5.41) is 11.9. The van der Waals surface area contributed by atoms with E-state index in [-0.39, 0.29) is 12.1 Å². The van der Waals surface area contributed by atoms with Gasteiger partial charge in [-0.05, 0) is 50.1 Å². The number of rotatable bonds is 4. The number of carbonyl (C=O) groups excluding carboxylic acids is 1. The molecule has 1 saturated carbocycles. The molecule has 24 heavy (non-hydrogen) atoms. The van der Waals surface area contributed by atoms with Gasteiger partial charge in [-0.25, -0.2) is 4.79 Å². The molecule has 5 nitrogen and oxygen atoms in total. The molecule has 0 spiro atoms. The lowest BCUT2D eigenvalue weighted by Crippen LogP contribution is -2.41. The van der Waals surface area contributed by atoms with Crippen molar-refractivity contribution < 1.29 is 9.21 Å². The number of amides is 2. The van der Waals surface area contributed by atoms with Crippen LogP contribution in [0.1, 0.15) is 42.8 Å². The third-order valence-corrected chi connectivity index (χ3v) is 4.39. The number of benzene rings is 1. The van der Waals surface area contributed by atoms with Gasteiger partial charge in [-0.1, -0.05) is 18.9 Å². The van der Waals surface area contributed by atoms with E-state index in [1.54, 1.807) is 24.3 Å². The Bertz CT molecular complexity index is 754. The Balaban J connectivity index is 1.76. The van der Waals surface area contributed by atoms with E-state index in [4.69, 9.17) is 9.68 Å². The minimum atomic E-state index is -0.147. The summed E-state index contributed by atoms with van der Waals surface area (Å²) in [7, 11) is 0. The second kappa shape index (κ2) is 7.22. The SMILES string of the molecule is Cc1ccc(CN(C(=O)Nc2cccc(C#N)c2)C2CCCC2)o1. The van der Waals surface area contributed by atoms with E-state index in [0.29, 0.717) is 17.8 Å². The van der Waals surface area contributed by atoms with Gasteiger partial charge in [-0.3, -0.25) is 0 Å². The zero-order valence-electron chi connectivity index (χ0n) is 13.8. The quantitative estimate of drug-likeness (QED) is 0.904. The number of furan rings is 1. The van der Waals surface area contributed by atoms with Crippen molar-refractivity contribution in [3.05, 3.63) is 53.5 Å². The molecule has 0 saturated heterocycles. The zero-order valence-corrected chi connectivity index (χ0v) is 13.8. The van der Waals surface area contributed by atoms with Crippen molar-refractivity contribution in [2.45, 2.75) is 45.2 Å². The minimum absolute atomic E-state index is 0.147. The summed E-state index contributed by atoms with van der Waals surface area (Å²) in [5.74, 6) is 1.64. The van der Waals surface area contributed by atoms with Crippen molar-refractivity contribution in [2.24, 2.45) is 0 Å². The predicted molar refractivity (Wildman–Crippen MR) is 91.4 cm³/mol. The molecule has 0 aliphatic heterocycles. The number of anilines is 1. The van der Waals surface area contributed by atoms with Gasteiger partial charge in [0.05, 0.1) is 18.2 Å². The van der Waals surface area contributed by atoms with E-state index in [2.05, 4.69) is 11.4 Å². The van der Waals surface area contributed by atoms with Crippen LogP contribution in [0.15, 0.2) is 40.8 Å². The molecule has 1 N–H and O–H groups in total. The molecule has 2 amide bonds. The maximum absolute atomic E-state index is 12.8. The van der Waals surface area contributed by atoms with E-state index in [1.165, 1.54) is 0 Å². The number of nitrogens with zero attached hydrogens (tertiary/aromatic N) is 2.